The summed E-state index contributed by atoms with van der Waals surface area (Å²) in [5.74, 6) is -1.09. The van der Waals surface area contributed by atoms with Crippen molar-refractivity contribution >= 4 is 44.2 Å². The van der Waals surface area contributed by atoms with Gasteiger partial charge in [-0.25, -0.2) is 4.98 Å². The molecule has 1 amide bonds. The highest BCUT2D eigenvalue weighted by molar-refractivity contribution is 7.18. The number of amides is 1. The standard InChI is InChI=1S/C23H17N5O3S/c1-2-28-17-10-6-4-8-14(17)19(29)18(22(28)31)20(30)25-23-27-26-21(32-23)16-12-11-13-7-3-5-9-15(13)24-16/h3-12,29H,2H2,1H3,(H,25,27,30). The summed E-state index contributed by atoms with van der Waals surface area (Å²) in [5.41, 5.74) is 1.12. The monoisotopic (exact) mass is 443 g/mol. The third-order valence-electron chi connectivity index (χ3n) is 5.15. The quantitative estimate of drug-likeness (QED) is 0.434. The largest absolute Gasteiger partial charge is 0.506 e. The Bertz CT molecular complexity index is 1560. The number of carbonyl (C=O) groups excluding carboxylic acids is 1. The molecule has 0 fully saturated rings. The highest BCUT2D eigenvalue weighted by atomic mass is 32.1. The van der Waals surface area contributed by atoms with E-state index in [1.165, 1.54) is 4.57 Å². The Morgan fingerprint density at radius 3 is 2.69 bits per heavy atom. The number of carbonyl (C=O) groups is 1. The zero-order valence-electron chi connectivity index (χ0n) is 16.9. The third-order valence-corrected chi connectivity index (χ3v) is 6.01. The number of aromatic nitrogens is 4. The Kier molecular flexibility index (Phi) is 4.87. The molecule has 3 aromatic heterocycles. The van der Waals surface area contributed by atoms with Gasteiger partial charge in [-0.2, -0.15) is 0 Å². The number of hydrogen-bond donors (Lipinski definition) is 2. The lowest BCUT2D eigenvalue weighted by atomic mass is 10.1. The van der Waals surface area contributed by atoms with E-state index in [1.54, 1.807) is 31.2 Å². The van der Waals surface area contributed by atoms with Crippen LogP contribution in [0.2, 0.25) is 0 Å². The Labute approximate surface area is 185 Å². The van der Waals surface area contributed by atoms with Crippen molar-refractivity contribution in [1.82, 2.24) is 19.7 Å². The van der Waals surface area contributed by atoms with E-state index < -0.39 is 11.5 Å². The summed E-state index contributed by atoms with van der Waals surface area (Å²) in [4.78, 5) is 30.4. The number of nitrogens with one attached hydrogen (secondary N) is 1. The van der Waals surface area contributed by atoms with Crippen LogP contribution in [0.15, 0.2) is 65.5 Å². The smallest absolute Gasteiger partial charge is 0.267 e. The zero-order chi connectivity index (χ0) is 22.2. The molecular weight excluding hydrogens is 426 g/mol. The number of aromatic hydroxyl groups is 1. The number of nitrogens with zero attached hydrogens (tertiary/aromatic N) is 4. The Morgan fingerprint density at radius 2 is 1.84 bits per heavy atom. The number of hydrogen-bond acceptors (Lipinski definition) is 7. The number of fused-ring (bicyclic) bond motifs is 2. The molecule has 0 atom stereocenters. The molecule has 8 nitrogen and oxygen atoms in total. The van der Waals surface area contributed by atoms with Gasteiger partial charge in [-0.15, -0.1) is 10.2 Å². The molecule has 158 valence electrons. The second kappa shape index (κ2) is 7.86. The second-order valence-corrected chi connectivity index (χ2v) is 8.02. The van der Waals surface area contributed by atoms with Gasteiger partial charge in [-0.1, -0.05) is 47.7 Å². The molecule has 0 aliphatic carbocycles. The van der Waals surface area contributed by atoms with Gasteiger partial charge in [-0.3, -0.25) is 14.9 Å². The normalized spacial score (nSPS) is 11.2. The summed E-state index contributed by atoms with van der Waals surface area (Å²) in [7, 11) is 0. The molecular formula is C23H17N5O3S. The summed E-state index contributed by atoms with van der Waals surface area (Å²) in [6.07, 6.45) is 0. The van der Waals surface area contributed by atoms with Crippen LogP contribution < -0.4 is 10.9 Å². The lowest BCUT2D eigenvalue weighted by molar-refractivity contribution is 0.102. The summed E-state index contributed by atoms with van der Waals surface area (Å²) >= 11 is 1.14. The first-order valence-corrected chi connectivity index (χ1v) is 10.7. The number of aryl methyl sites for hydroxylation is 1. The number of pyridine rings is 2. The highest BCUT2D eigenvalue weighted by Crippen LogP contribution is 2.29. The van der Waals surface area contributed by atoms with Crippen LogP contribution in [0.1, 0.15) is 17.3 Å². The Balaban J connectivity index is 1.49. The van der Waals surface area contributed by atoms with Crippen LogP contribution in [0.25, 0.3) is 32.5 Å². The van der Waals surface area contributed by atoms with Gasteiger partial charge in [0.2, 0.25) is 5.13 Å². The minimum Gasteiger partial charge on any atom is -0.506 e. The van der Waals surface area contributed by atoms with Crippen molar-refractivity contribution in [2.75, 3.05) is 5.32 Å². The topological polar surface area (TPSA) is 110 Å². The molecule has 3 heterocycles. The van der Waals surface area contributed by atoms with Crippen LogP contribution in [0, 0.1) is 0 Å². The maximum atomic E-state index is 12.9. The van der Waals surface area contributed by atoms with Crippen LogP contribution in [0.4, 0.5) is 5.13 Å². The molecule has 9 heteroatoms. The van der Waals surface area contributed by atoms with Crippen LogP contribution in [-0.4, -0.2) is 30.8 Å². The summed E-state index contributed by atoms with van der Waals surface area (Å²) < 4.78 is 1.45. The van der Waals surface area contributed by atoms with E-state index in [-0.39, 0.29) is 16.4 Å². The fourth-order valence-electron chi connectivity index (χ4n) is 3.63. The van der Waals surface area contributed by atoms with Crippen molar-refractivity contribution in [2.24, 2.45) is 0 Å². The lowest BCUT2D eigenvalue weighted by Gasteiger charge is -2.12. The predicted molar refractivity (Wildman–Crippen MR) is 124 cm³/mol. The predicted octanol–water partition coefficient (Wildman–Crippen LogP) is 4.05. The maximum absolute atomic E-state index is 12.9. The summed E-state index contributed by atoms with van der Waals surface area (Å²) in [6, 6.07) is 18.4. The van der Waals surface area contributed by atoms with Gasteiger partial charge in [0.05, 0.1) is 11.0 Å². The first-order chi connectivity index (χ1) is 15.6. The van der Waals surface area contributed by atoms with Gasteiger partial charge in [0, 0.05) is 17.3 Å². The van der Waals surface area contributed by atoms with Gasteiger partial charge >= 0.3 is 0 Å². The molecule has 0 unspecified atom stereocenters. The minimum atomic E-state index is -0.741. The van der Waals surface area contributed by atoms with Crippen molar-refractivity contribution in [3.8, 4) is 16.5 Å². The molecule has 0 aliphatic rings. The number of para-hydroxylation sites is 2. The first kappa shape index (κ1) is 19.8. The van der Waals surface area contributed by atoms with Gasteiger partial charge in [0.25, 0.3) is 11.5 Å². The van der Waals surface area contributed by atoms with Crippen LogP contribution in [-0.2, 0) is 6.54 Å². The fraction of sp³-hybridized carbons (Fsp3) is 0.0870. The van der Waals surface area contributed by atoms with Crippen LogP contribution in [0.3, 0.4) is 0 Å². The fourth-order valence-corrected chi connectivity index (χ4v) is 4.34. The van der Waals surface area contributed by atoms with Crippen molar-refractivity contribution in [3.05, 3.63) is 76.6 Å². The SMILES string of the molecule is CCn1c(=O)c(C(=O)Nc2nnc(-c3ccc4ccccc4n3)s2)c(O)c2ccccc21. The molecule has 5 rings (SSSR count). The van der Waals surface area contributed by atoms with E-state index in [0.29, 0.717) is 28.1 Å². The Hall–Kier alpha value is -4.11. The van der Waals surface area contributed by atoms with Gasteiger partial charge in [0.15, 0.2) is 5.01 Å². The second-order valence-electron chi connectivity index (χ2n) is 7.05. The lowest BCUT2D eigenvalue weighted by Crippen LogP contribution is -2.29. The molecule has 32 heavy (non-hydrogen) atoms. The van der Waals surface area contributed by atoms with Crippen LogP contribution >= 0.6 is 11.3 Å². The van der Waals surface area contributed by atoms with Gasteiger partial charge in [0.1, 0.15) is 17.0 Å². The van der Waals surface area contributed by atoms with E-state index in [9.17, 15) is 14.7 Å². The van der Waals surface area contributed by atoms with E-state index in [0.717, 1.165) is 22.2 Å². The van der Waals surface area contributed by atoms with E-state index in [2.05, 4.69) is 20.5 Å². The molecule has 0 radical (unpaired) electrons. The molecule has 0 saturated heterocycles. The third kappa shape index (κ3) is 3.28. The zero-order valence-corrected chi connectivity index (χ0v) is 17.8. The maximum Gasteiger partial charge on any atom is 0.267 e. The van der Waals surface area contributed by atoms with Gasteiger partial charge in [-0.05, 0) is 31.2 Å². The number of anilines is 1. The molecule has 0 saturated carbocycles. The molecule has 0 aliphatic heterocycles. The summed E-state index contributed by atoms with van der Waals surface area (Å²) in [5, 5.41) is 23.5. The van der Waals surface area contributed by atoms with Crippen LogP contribution in [0.5, 0.6) is 5.75 Å². The van der Waals surface area contributed by atoms with E-state index in [4.69, 9.17) is 0 Å². The van der Waals surface area contributed by atoms with Crippen molar-refractivity contribution in [2.45, 2.75) is 13.5 Å². The molecule has 5 aromatic rings. The molecule has 2 aromatic carbocycles. The average Bonchev–Trinajstić information content (AvgIpc) is 3.27. The molecule has 2 N–H and O–H groups in total. The molecule has 0 bridgehead atoms. The van der Waals surface area contributed by atoms with E-state index in [1.807, 2.05) is 36.4 Å². The highest BCUT2D eigenvalue weighted by Gasteiger charge is 2.23. The Morgan fingerprint density at radius 1 is 1.06 bits per heavy atom. The van der Waals surface area contributed by atoms with Crippen molar-refractivity contribution in [1.29, 1.82) is 0 Å². The minimum absolute atomic E-state index is 0.204. The summed E-state index contributed by atoms with van der Waals surface area (Å²) in [6.45, 7) is 2.16. The van der Waals surface area contributed by atoms with E-state index >= 15 is 0 Å². The molecule has 0 spiro atoms. The van der Waals surface area contributed by atoms with Gasteiger partial charge < -0.3 is 9.67 Å². The average molecular weight is 443 g/mol. The van der Waals surface area contributed by atoms with Crippen molar-refractivity contribution in [3.63, 3.8) is 0 Å². The van der Waals surface area contributed by atoms with Crippen molar-refractivity contribution < 1.29 is 9.90 Å². The first-order valence-electron chi connectivity index (χ1n) is 9.92. The number of rotatable bonds is 4. The number of benzene rings is 2.